The van der Waals surface area contributed by atoms with E-state index in [0.717, 1.165) is 33.0 Å². The van der Waals surface area contributed by atoms with E-state index in [1.54, 1.807) is 0 Å². The minimum atomic E-state index is 0.0364. The molecule has 2 N–H and O–H groups in total. The number of aryl methyl sites for hydroxylation is 2. The van der Waals surface area contributed by atoms with Gasteiger partial charge in [0.05, 0.1) is 0 Å². The van der Waals surface area contributed by atoms with Gasteiger partial charge in [-0.3, -0.25) is 0 Å². The molecule has 20 heavy (non-hydrogen) atoms. The van der Waals surface area contributed by atoms with E-state index >= 15 is 0 Å². The number of nitrogens with two attached hydrogens (primary N) is 1. The highest BCUT2D eigenvalue weighted by Gasteiger charge is 2.06. The molecule has 0 bridgehead atoms. The summed E-state index contributed by atoms with van der Waals surface area (Å²) in [5.41, 5.74) is 10.2. The van der Waals surface area contributed by atoms with Gasteiger partial charge in [-0.05, 0) is 49.6 Å². The Balaban J connectivity index is 2.11. The molecule has 106 valence electrons. The SMILES string of the molecule is Cc1ccc(COc2ccc([C@H](C)N)cc2C)c(Cl)c1. The standard InChI is InChI=1S/C17H20ClNO/c1-11-4-5-15(16(18)8-11)10-20-17-7-6-14(13(3)19)9-12(17)2/h4-9,13H,10,19H2,1-3H3/t13-/m0/s1. The van der Waals surface area contributed by atoms with Crippen molar-refractivity contribution in [1.29, 1.82) is 0 Å². The minimum Gasteiger partial charge on any atom is -0.489 e. The van der Waals surface area contributed by atoms with Crippen molar-refractivity contribution in [2.24, 2.45) is 5.73 Å². The second-order valence-corrected chi connectivity index (χ2v) is 5.60. The van der Waals surface area contributed by atoms with Crippen molar-refractivity contribution in [3.63, 3.8) is 0 Å². The first-order valence-corrected chi connectivity index (χ1v) is 7.09. The lowest BCUT2D eigenvalue weighted by atomic mass is 10.1. The van der Waals surface area contributed by atoms with Crippen molar-refractivity contribution in [3.05, 3.63) is 63.7 Å². The maximum atomic E-state index is 6.21. The Kier molecular flexibility index (Phi) is 4.69. The average molecular weight is 290 g/mol. The lowest BCUT2D eigenvalue weighted by Crippen LogP contribution is -2.05. The van der Waals surface area contributed by atoms with Crippen molar-refractivity contribution in [2.45, 2.75) is 33.4 Å². The number of benzene rings is 2. The predicted octanol–water partition coefficient (Wildman–Crippen LogP) is 4.56. The second kappa shape index (κ2) is 6.29. The monoisotopic (exact) mass is 289 g/mol. The molecule has 0 heterocycles. The van der Waals surface area contributed by atoms with E-state index in [9.17, 15) is 0 Å². The number of ether oxygens (including phenoxy) is 1. The van der Waals surface area contributed by atoms with Gasteiger partial charge in [0.1, 0.15) is 12.4 Å². The normalized spacial score (nSPS) is 12.2. The van der Waals surface area contributed by atoms with Crippen molar-refractivity contribution in [2.75, 3.05) is 0 Å². The largest absolute Gasteiger partial charge is 0.489 e. The first-order valence-electron chi connectivity index (χ1n) is 6.71. The van der Waals surface area contributed by atoms with Crippen LogP contribution in [0.3, 0.4) is 0 Å². The first kappa shape index (κ1) is 14.9. The lowest BCUT2D eigenvalue weighted by Gasteiger charge is -2.13. The molecule has 0 aliphatic rings. The molecule has 0 radical (unpaired) electrons. The third kappa shape index (κ3) is 3.53. The summed E-state index contributed by atoms with van der Waals surface area (Å²) >= 11 is 6.21. The molecule has 0 fully saturated rings. The van der Waals surface area contributed by atoms with Gasteiger partial charge in [-0.25, -0.2) is 0 Å². The Labute approximate surface area is 125 Å². The van der Waals surface area contributed by atoms with Crippen LogP contribution in [0.1, 0.15) is 35.2 Å². The summed E-state index contributed by atoms with van der Waals surface area (Å²) < 4.78 is 5.85. The summed E-state index contributed by atoms with van der Waals surface area (Å²) in [5.74, 6) is 0.867. The Morgan fingerprint density at radius 2 is 1.90 bits per heavy atom. The summed E-state index contributed by atoms with van der Waals surface area (Å²) in [7, 11) is 0. The first-order chi connectivity index (χ1) is 9.47. The second-order valence-electron chi connectivity index (χ2n) is 5.20. The highest BCUT2D eigenvalue weighted by atomic mass is 35.5. The minimum absolute atomic E-state index is 0.0364. The van der Waals surface area contributed by atoms with Crippen molar-refractivity contribution in [3.8, 4) is 5.75 Å². The third-order valence-electron chi connectivity index (χ3n) is 3.32. The molecule has 0 saturated carbocycles. The van der Waals surface area contributed by atoms with Crippen LogP contribution in [0.4, 0.5) is 0 Å². The summed E-state index contributed by atoms with van der Waals surface area (Å²) in [4.78, 5) is 0. The molecule has 0 saturated heterocycles. The van der Waals surface area contributed by atoms with E-state index < -0.39 is 0 Å². The van der Waals surface area contributed by atoms with E-state index in [2.05, 4.69) is 6.07 Å². The fourth-order valence-corrected chi connectivity index (χ4v) is 2.33. The Hall–Kier alpha value is -1.51. The Bertz CT molecular complexity index is 608. The van der Waals surface area contributed by atoms with Crippen LogP contribution in [0.2, 0.25) is 5.02 Å². The molecule has 3 heteroatoms. The molecule has 0 spiro atoms. The van der Waals surface area contributed by atoms with Gasteiger partial charge in [-0.1, -0.05) is 35.9 Å². The summed E-state index contributed by atoms with van der Waals surface area (Å²) in [6.45, 7) is 6.49. The molecular weight excluding hydrogens is 270 g/mol. The zero-order chi connectivity index (χ0) is 14.7. The summed E-state index contributed by atoms with van der Waals surface area (Å²) in [5, 5.41) is 0.745. The maximum Gasteiger partial charge on any atom is 0.122 e. The van der Waals surface area contributed by atoms with Crippen LogP contribution < -0.4 is 10.5 Å². The quantitative estimate of drug-likeness (QED) is 0.896. The van der Waals surface area contributed by atoms with Crippen LogP contribution in [0, 0.1) is 13.8 Å². The molecule has 0 amide bonds. The van der Waals surface area contributed by atoms with E-state index in [1.165, 1.54) is 0 Å². The van der Waals surface area contributed by atoms with Crippen molar-refractivity contribution in [1.82, 2.24) is 0 Å². The van der Waals surface area contributed by atoms with Gasteiger partial charge >= 0.3 is 0 Å². The Morgan fingerprint density at radius 1 is 1.15 bits per heavy atom. The molecule has 0 aliphatic carbocycles. The molecule has 2 aromatic rings. The highest BCUT2D eigenvalue weighted by molar-refractivity contribution is 6.31. The van der Waals surface area contributed by atoms with Crippen molar-refractivity contribution < 1.29 is 4.74 Å². The van der Waals surface area contributed by atoms with Crippen LogP contribution in [0.5, 0.6) is 5.75 Å². The fraction of sp³-hybridized carbons (Fsp3) is 0.294. The smallest absolute Gasteiger partial charge is 0.122 e. The fourth-order valence-electron chi connectivity index (χ4n) is 2.04. The van der Waals surface area contributed by atoms with Gasteiger partial charge < -0.3 is 10.5 Å². The number of halogens is 1. The van der Waals surface area contributed by atoms with E-state index in [4.69, 9.17) is 22.1 Å². The topological polar surface area (TPSA) is 35.2 Å². The van der Waals surface area contributed by atoms with Crippen LogP contribution in [-0.4, -0.2) is 0 Å². The molecule has 1 atom stereocenters. The van der Waals surface area contributed by atoms with Crippen LogP contribution in [0.25, 0.3) is 0 Å². The third-order valence-corrected chi connectivity index (χ3v) is 3.67. The van der Waals surface area contributed by atoms with E-state index in [1.807, 2.05) is 51.1 Å². The number of rotatable bonds is 4. The van der Waals surface area contributed by atoms with E-state index in [-0.39, 0.29) is 6.04 Å². The molecule has 0 aliphatic heterocycles. The van der Waals surface area contributed by atoms with Gasteiger partial charge in [0.25, 0.3) is 0 Å². The zero-order valence-corrected chi connectivity index (χ0v) is 12.9. The van der Waals surface area contributed by atoms with Gasteiger partial charge in [-0.15, -0.1) is 0 Å². The average Bonchev–Trinajstić information content (AvgIpc) is 2.38. The van der Waals surface area contributed by atoms with E-state index in [0.29, 0.717) is 6.61 Å². The van der Waals surface area contributed by atoms with Crippen LogP contribution in [0.15, 0.2) is 36.4 Å². The molecular formula is C17H20ClNO. The van der Waals surface area contributed by atoms with Gasteiger partial charge in [0.15, 0.2) is 0 Å². The number of hydrogen-bond acceptors (Lipinski definition) is 2. The lowest BCUT2D eigenvalue weighted by molar-refractivity contribution is 0.304. The summed E-state index contributed by atoms with van der Waals surface area (Å²) in [6, 6.07) is 12.1. The molecule has 0 unspecified atom stereocenters. The van der Waals surface area contributed by atoms with Gasteiger partial charge in [-0.2, -0.15) is 0 Å². The molecule has 0 aromatic heterocycles. The highest BCUT2D eigenvalue weighted by Crippen LogP contribution is 2.24. The maximum absolute atomic E-state index is 6.21. The van der Waals surface area contributed by atoms with Crippen molar-refractivity contribution >= 4 is 11.6 Å². The molecule has 2 rings (SSSR count). The Morgan fingerprint density at radius 3 is 2.50 bits per heavy atom. The summed E-state index contributed by atoms with van der Waals surface area (Å²) in [6.07, 6.45) is 0. The predicted molar refractivity (Wildman–Crippen MR) is 84.3 cm³/mol. The van der Waals surface area contributed by atoms with Crippen LogP contribution in [-0.2, 0) is 6.61 Å². The number of hydrogen-bond donors (Lipinski definition) is 1. The van der Waals surface area contributed by atoms with Gasteiger partial charge in [0.2, 0.25) is 0 Å². The van der Waals surface area contributed by atoms with Gasteiger partial charge in [0, 0.05) is 16.6 Å². The molecule has 2 nitrogen and oxygen atoms in total. The molecule has 2 aromatic carbocycles. The van der Waals surface area contributed by atoms with Crippen LogP contribution >= 0.6 is 11.6 Å². The zero-order valence-electron chi connectivity index (χ0n) is 12.1.